The van der Waals surface area contributed by atoms with Crippen molar-refractivity contribution < 1.29 is 14.0 Å². The second kappa shape index (κ2) is 14.9. The van der Waals surface area contributed by atoms with Crippen LogP contribution in [0.5, 0.6) is 0 Å². The summed E-state index contributed by atoms with van der Waals surface area (Å²) in [6.07, 6.45) is 11.9. The molecule has 0 bridgehead atoms. The SMILES string of the molecule is CN(C)C(c1cccc(F)c1)C1CCC(CC=O)CC1.CN(C)C(c1cccs1)C1CCC(C=O)CC1. The average Bonchev–Trinajstić information content (AvgIpc) is 3.40. The summed E-state index contributed by atoms with van der Waals surface area (Å²) < 4.78 is 13.5. The van der Waals surface area contributed by atoms with Gasteiger partial charge in [0.05, 0.1) is 0 Å². The lowest BCUT2D eigenvalue weighted by Gasteiger charge is -2.37. The quantitative estimate of drug-likeness (QED) is 0.323. The minimum absolute atomic E-state index is 0.163. The molecule has 0 amide bonds. The van der Waals surface area contributed by atoms with Gasteiger partial charge in [0.15, 0.2) is 0 Å². The molecule has 0 N–H and O–H groups in total. The molecule has 2 aliphatic carbocycles. The van der Waals surface area contributed by atoms with E-state index in [1.54, 1.807) is 12.1 Å². The van der Waals surface area contributed by atoms with Crippen molar-refractivity contribution in [2.75, 3.05) is 28.2 Å². The Kier molecular flexibility index (Phi) is 11.9. The predicted octanol–water partition coefficient (Wildman–Crippen LogP) is 7.18. The topological polar surface area (TPSA) is 40.6 Å². The van der Waals surface area contributed by atoms with Crippen LogP contribution in [-0.4, -0.2) is 50.6 Å². The minimum Gasteiger partial charge on any atom is -0.303 e. The molecule has 4 nitrogen and oxygen atoms in total. The molecule has 204 valence electrons. The van der Waals surface area contributed by atoms with Crippen LogP contribution < -0.4 is 0 Å². The summed E-state index contributed by atoms with van der Waals surface area (Å²) in [5.74, 6) is 1.97. The Morgan fingerprint density at radius 1 is 0.865 bits per heavy atom. The number of hydrogen-bond donors (Lipinski definition) is 0. The van der Waals surface area contributed by atoms with Crippen LogP contribution >= 0.6 is 11.3 Å². The highest BCUT2D eigenvalue weighted by Crippen LogP contribution is 2.41. The number of carbonyl (C=O) groups is 2. The van der Waals surface area contributed by atoms with Gasteiger partial charge >= 0.3 is 0 Å². The number of halogens is 1. The monoisotopic (exact) mass is 528 g/mol. The van der Waals surface area contributed by atoms with Gasteiger partial charge in [0.25, 0.3) is 0 Å². The molecule has 2 saturated carbocycles. The zero-order valence-electron chi connectivity index (χ0n) is 23.0. The first-order valence-electron chi connectivity index (χ1n) is 13.8. The van der Waals surface area contributed by atoms with E-state index in [2.05, 4.69) is 55.5 Å². The van der Waals surface area contributed by atoms with Crippen molar-refractivity contribution in [3.8, 4) is 0 Å². The van der Waals surface area contributed by atoms with Crippen molar-refractivity contribution in [3.63, 3.8) is 0 Å². The van der Waals surface area contributed by atoms with Crippen LogP contribution in [0.2, 0.25) is 0 Å². The largest absolute Gasteiger partial charge is 0.303 e. The second-order valence-electron chi connectivity index (χ2n) is 11.4. The minimum atomic E-state index is -0.163. The van der Waals surface area contributed by atoms with E-state index in [1.807, 2.05) is 17.4 Å². The second-order valence-corrected chi connectivity index (χ2v) is 12.4. The average molecular weight is 529 g/mol. The Bertz CT molecular complexity index is 932. The van der Waals surface area contributed by atoms with Gasteiger partial charge in [-0.3, -0.25) is 0 Å². The van der Waals surface area contributed by atoms with Crippen molar-refractivity contribution >= 4 is 23.9 Å². The maximum atomic E-state index is 13.5. The summed E-state index contributed by atoms with van der Waals surface area (Å²) in [6, 6.07) is 12.1. The van der Waals surface area contributed by atoms with E-state index in [4.69, 9.17) is 0 Å². The molecule has 0 aliphatic heterocycles. The summed E-state index contributed by atoms with van der Waals surface area (Å²) in [7, 11) is 8.45. The normalized spacial score (nSPS) is 25.7. The smallest absolute Gasteiger partial charge is 0.123 e. The number of nitrogens with zero attached hydrogens (tertiary/aromatic N) is 2. The maximum absolute atomic E-state index is 13.5. The fraction of sp³-hybridized carbons (Fsp3) is 0.613. The van der Waals surface area contributed by atoms with E-state index < -0.39 is 0 Å². The lowest BCUT2D eigenvalue weighted by Crippen LogP contribution is -2.30. The van der Waals surface area contributed by atoms with Crippen LogP contribution in [0.1, 0.15) is 80.3 Å². The van der Waals surface area contributed by atoms with E-state index in [-0.39, 0.29) is 11.9 Å². The first-order chi connectivity index (χ1) is 17.8. The number of carbonyl (C=O) groups excluding carboxylic acids is 2. The fourth-order valence-electron chi connectivity index (χ4n) is 6.52. The summed E-state index contributed by atoms with van der Waals surface area (Å²) in [4.78, 5) is 27.4. The van der Waals surface area contributed by atoms with Gasteiger partial charge in [-0.1, -0.05) is 18.2 Å². The number of benzene rings is 1. The van der Waals surface area contributed by atoms with Crippen molar-refractivity contribution in [1.82, 2.24) is 9.80 Å². The number of thiophene rings is 1. The van der Waals surface area contributed by atoms with Crippen molar-refractivity contribution in [2.45, 2.75) is 69.9 Å². The molecule has 1 heterocycles. The van der Waals surface area contributed by atoms with Gasteiger partial charge in [0, 0.05) is 29.3 Å². The summed E-state index contributed by atoms with van der Waals surface area (Å²) in [5, 5.41) is 2.16. The van der Waals surface area contributed by atoms with Crippen molar-refractivity contribution in [1.29, 1.82) is 0 Å². The molecule has 2 fully saturated rings. The lowest BCUT2D eigenvalue weighted by molar-refractivity contribution is -0.112. The third-order valence-electron chi connectivity index (χ3n) is 8.36. The van der Waals surface area contributed by atoms with Crippen molar-refractivity contribution in [2.24, 2.45) is 23.7 Å². The van der Waals surface area contributed by atoms with Gasteiger partial charge in [0.2, 0.25) is 0 Å². The highest BCUT2D eigenvalue weighted by molar-refractivity contribution is 7.10. The van der Waals surface area contributed by atoms with E-state index in [1.165, 1.54) is 23.8 Å². The van der Waals surface area contributed by atoms with Gasteiger partial charge in [-0.25, -0.2) is 4.39 Å². The van der Waals surface area contributed by atoms with Gasteiger partial charge in [-0.05, 0) is 126 Å². The Hall–Kier alpha value is -1.89. The Morgan fingerprint density at radius 2 is 1.49 bits per heavy atom. The molecular weight excluding hydrogens is 483 g/mol. The van der Waals surface area contributed by atoms with Gasteiger partial charge in [-0.2, -0.15) is 0 Å². The molecule has 6 heteroatoms. The fourth-order valence-corrected chi connectivity index (χ4v) is 7.54. The molecule has 2 aromatic rings. The van der Waals surface area contributed by atoms with E-state index in [0.29, 0.717) is 36.1 Å². The summed E-state index contributed by atoms with van der Waals surface area (Å²) in [6.45, 7) is 0. The van der Waals surface area contributed by atoms with Gasteiger partial charge < -0.3 is 19.4 Å². The Morgan fingerprint density at radius 3 is 2.00 bits per heavy atom. The molecule has 0 radical (unpaired) electrons. The third kappa shape index (κ3) is 8.56. The van der Waals surface area contributed by atoms with Crippen LogP contribution in [0.3, 0.4) is 0 Å². The molecule has 4 rings (SSSR count). The number of hydrogen-bond acceptors (Lipinski definition) is 5. The van der Waals surface area contributed by atoms with E-state index in [0.717, 1.165) is 56.7 Å². The molecule has 2 unspecified atom stereocenters. The van der Waals surface area contributed by atoms with Crippen molar-refractivity contribution in [3.05, 3.63) is 58.0 Å². The number of aldehydes is 2. The van der Waals surface area contributed by atoms with Crippen LogP contribution in [0, 0.1) is 29.5 Å². The molecule has 37 heavy (non-hydrogen) atoms. The lowest BCUT2D eigenvalue weighted by atomic mass is 9.75. The highest BCUT2D eigenvalue weighted by Gasteiger charge is 2.31. The van der Waals surface area contributed by atoms with E-state index in [9.17, 15) is 14.0 Å². The molecule has 0 spiro atoms. The first kappa shape index (κ1) is 29.7. The maximum Gasteiger partial charge on any atom is 0.123 e. The van der Waals surface area contributed by atoms with Gasteiger partial charge in [0.1, 0.15) is 18.4 Å². The molecule has 0 saturated heterocycles. The summed E-state index contributed by atoms with van der Waals surface area (Å²) >= 11 is 1.85. The third-order valence-corrected chi connectivity index (χ3v) is 9.30. The predicted molar refractivity (Wildman–Crippen MR) is 151 cm³/mol. The Balaban J connectivity index is 0.000000208. The zero-order chi connectivity index (χ0) is 26.8. The molecule has 1 aromatic heterocycles. The highest BCUT2D eigenvalue weighted by atomic mass is 32.1. The first-order valence-corrected chi connectivity index (χ1v) is 14.7. The van der Waals surface area contributed by atoms with Crippen LogP contribution in [0.25, 0.3) is 0 Å². The standard InChI is InChI=1S/C17H24FNO.C14H21NOS/c1-19(2)17(15-4-3-5-16(18)12-15)14-8-6-13(7-9-14)10-11-20;1-15(2)14(13-4-3-9-17-13)12-7-5-11(10-16)6-8-12/h3-5,11-14,17H,6-10H2,1-2H3;3-4,9-12,14H,5-8H2,1-2H3. The number of rotatable bonds is 9. The van der Waals surface area contributed by atoms with Crippen LogP contribution in [0.4, 0.5) is 4.39 Å². The molecule has 2 atom stereocenters. The van der Waals surface area contributed by atoms with Crippen LogP contribution in [0.15, 0.2) is 41.8 Å². The molecule has 1 aromatic carbocycles. The van der Waals surface area contributed by atoms with E-state index >= 15 is 0 Å². The van der Waals surface area contributed by atoms with Gasteiger partial charge in [-0.15, -0.1) is 11.3 Å². The molecule has 2 aliphatic rings. The van der Waals surface area contributed by atoms with Crippen LogP contribution in [-0.2, 0) is 9.59 Å². The zero-order valence-corrected chi connectivity index (χ0v) is 23.8. The summed E-state index contributed by atoms with van der Waals surface area (Å²) in [5.41, 5.74) is 1.06. The molecular formula is C31H45FN2O2S. The Labute approximate surface area is 227 Å².